The van der Waals surface area contributed by atoms with E-state index in [0.717, 1.165) is 5.56 Å². The summed E-state index contributed by atoms with van der Waals surface area (Å²) in [6, 6.07) is 5.34. The Bertz CT molecular complexity index is 438. The average molecular weight is 267 g/mol. The molecule has 0 atom stereocenters. The van der Waals surface area contributed by atoms with Crippen molar-refractivity contribution in [3.8, 4) is 11.5 Å². The van der Waals surface area contributed by atoms with Crippen LogP contribution >= 0.6 is 0 Å². The third-order valence-electron chi connectivity index (χ3n) is 2.53. The molecule has 5 heteroatoms. The Morgan fingerprint density at radius 2 is 1.89 bits per heavy atom. The number of methoxy groups -OCH3 is 2. The zero-order chi connectivity index (χ0) is 14.5. The minimum atomic E-state index is -0.909. The highest BCUT2D eigenvalue weighted by atomic mass is 16.5. The molecule has 0 saturated heterocycles. The Kier molecular flexibility index (Phi) is 5.18. The molecule has 0 aromatic heterocycles. The van der Waals surface area contributed by atoms with Crippen LogP contribution in [0.25, 0.3) is 0 Å². The molecule has 0 unspecified atom stereocenters. The second-order valence-electron chi connectivity index (χ2n) is 4.96. The normalized spacial score (nSPS) is 11.0. The number of benzene rings is 1. The van der Waals surface area contributed by atoms with Crippen molar-refractivity contribution in [1.29, 1.82) is 0 Å². The van der Waals surface area contributed by atoms with Gasteiger partial charge in [-0.2, -0.15) is 0 Å². The molecule has 0 spiro atoms. The van der Waals surface area contributed by atoms with E-state index < -0.39 is 5.60 Å². The van der Waals surface area contributed by atoms with E-state index in [4.69, 9.17) is 9.47 Å². The lowest BCUT2D eigenvalue weighted by Crippen LogP contribution is -2.38. The molecule has 0 fully saturated rings. The maximum Gasteiger partial charge on any atom is 0.224 e. The van der Waals surface area contributed by atoms with Gasteiger partial charge in [-0.3, -0.25) is 4.79 Å². The molecule has 0 saturated carbocycles. The minimum absolute atomic E-state index is 0.144. The third-order valence-corrected chi connectivity index (χ3v) is 2.53. The van der Waals surface area contributed by atoms with Crippen molar-refractivity contribution in [1.82, 2.24) is 5.32 Å². The van der Waals surface area contributed by atoms with Crippen LogP contribution in [0, 0.1) is 0 Å². The number of hydrogen-bond acceptors (Lipinski definition) is 4. The SMILES string of the molecule is COc1ccc(CC(=O)NCC(C)(C)O)cc1OC. The highest BCUT2D eigenvalue weighted by Crippen LogP contribution is 2.27. The fraction of sp³-hybridized carbons (Fsp3) is 0.500. The van der Waals surface area contributed by atoms with Gasteiger partial charge in [-0.25, -0.2) is 0 Å². The van der Waals surface area contributed by atoms with Gasteiger partial charge in [0.1, 0.15) is 0 Å². The molecular formula is C14H21NO4. The molecular weight excluding hydrogens is 246 g/mol. The number of nitrogens with one attached hydrogen (secondary N) is 1. The molecule has 1 rings (SSSR count). The van der Waals surface area contributed by atoms with E-state index in [-0.39, 0.29) is 18.9 Å². The first-order valence-electron chi connectivity index (χ1n) is 6.05. The number of aliphatic hydroxyl groups is 1. The lowest BCUT2D eigenvalue weighted by Gasteiger charge is -2.17. The summed E-state index contributed by atoms with van der Waals surface area (Å²) in [6.45, 7) is 3.51. The molecule has 5 nitrogen and oxygen atoms in total. The van der Waals surface area contributed by atoms with Crippen LogP contribution < -0.4 is 14.8 Å². The fourth-order valence-electron chi connectivity index (χ4n) is 1.55. The number of carbonyl (C=O) groups excluding carboxylic acids is 1. The summed E-state index contributed by atoms with van der Waals surface area (Å²) in [4.78, 5) is 11.7. The summed E-state index contributed by atoms with van der Waals surface area (Å²) in [5, 5.41) is 12.2. The van der Waals surface area contributed by atoms with E-state index in [1.54, 1.807) is 40.2 Å². The molecule has 106 valence electrons. The Labute approximate surface area is 113 Å². The van der Waals surface area contributed by atoms with Crippen LogP contribution in [0.15, 0.2) is 18.2 Å². The van der Waals surface area contributed by atoms with E-state index in [0.29, 0.717) is 11.5 Å². The van der Waals surface area contributed by atoms with Crippen molar-refractivity contribution in [2.24, 2.45) is 0 Å². The summed E-state index contributed by atoms with van der Waals surface area (Å²) < 4.78 is 10.3. The lowest BCUT2D eigenvalue weighted by atomic mass is 10.1. The first-order valence-corrected chi connectivity index (χ1v) is 6.05. The third kappa shape index (κ3) is 5.18. The topological polar surface area (TPSA) is 67.8 Å². The van der Waals surface area contributed by atoms with Gasteiger partial charge >= 0.3 is 0 Å². The van der Waals surface area contributed by atoms with Gasteiger partial charge in [-0.05, 0) is 31.5 Å². The summed E-state index contributed by atoms with van der Waals surface area (Å²) in [7, 11) is 3.11. The first-order chi connectivity index (χ1) is 8.85. The van der Waals surface area contributed by atoms with Crippen molar-refractivity contribution >= 4 is 5.91 Å². The first kappa shape index (κ1) is 15.3. The van der Waals surface area contributed by atoms with Crippen LogP contribution in [0.5, 0.6) is 11.5 Å². The van der Waals surface area contributed by atoms with Crippen molar-refractivity contribution < 1.29 is 19.4 Å². The van der Waals surface area contributed by atoms with E-state index in [1.807, 2.05) is 6.07 Å². The summed E-state index contributed by atoms with van der Waals surface area (Å²) in [5.74, 6) is 1.08. The van der Waals surface area contributed by atoms with Crippen LogP contribution in [-0.2, 0) is 11.2 Å². The van der Waals surface area contributed by atoms with Gasteiger partial charge in [-0.15, -0.1) is 0 Å². The Balaban J connectivity index is 2.64. The molecule has 0 radical (unpaired) electrons. The van der Waals surface area contributed by atoms with E-state index in [2.05, 4.69) is 5.32 Å². The van der Waals surface area contributed by atoms with E-state index in [1.165, 1.54) is 0 Å². The fourth-order valence-corrected chi connectivity index (χ4v) is 1.55. The minimum Gasteiger partial charge on any atom is -0.493 e. The van der Waals surface area contributed by atoms with Crippen LogP contribution in [0.3, 0.4) is 0 Å². The predicted molar refractivity (Wildman–Crippen MR) is 72.6 cm³/mol. The highest BCUT2D eigenvalue weighted by Gasteiger charge is 2.14. The van der Waals surface area contributed by atoms with Crippen LogP contribution in [0.1, 0.15) is 19.4 Å². The Morgan fingerprint density at radius 3 is 2.42 bits per heavy atom. The Morgan fingerprint density at radius 1 is 1.26 bits per heavy atom. The second-order valence-corrected chi connectivity index (χ2v) is 4.96. The number of rotatable bonds is 6. The van der Waals surface area contributed by atoms with Gasteiger partial charge in [-0.1, -0.05) is 6.07 Å². The molecule has 0 bridgehead atoms. The Hall–Kier alpha value is -1.75. The van der Waals surface area contributed by atoms with Gasteiger partial charge in [0.15, 0.2) is 11.5 Å². The number of carbonyl (C=O) groups is 1. The molecule has 19 heavy (non-hydrogen) atoms. The monoisotopic (exact) mass is 267 g/mol. The van der Waals surface area contributed by atoms with Crippen molar-refractivity contribution in [3.63, 3.8) is 0 Å². The van der Waals surface area contributed by atoms with E-state index >= 15 is 0 Å². The molecule has 1 aromatic carbocycles. The summed E-state index contributed by atoms with van der Waals surface area (Å²) >= 11 is 0. The largest absolute Gasteiger partial charge is 0.493 e. The van der Waals surface area contributed by atoms with Gasteiger partial charge in [0.05, 0.1) is 26.2 Å². The predicted octanol–water partition coefficient (Wildman–Crippen LogP) is 1.13. The maximum atomic E-state index is 11.7. The number of amides is 1. The van der Waals surface area contributed by atoms with Gasteiger partial charge in [0, 0.05) is 6.54 Å². The molecule has 0 heterocycles. The molecule has 2 N–H and O–H groups in total. The molecule has 1 aromatic rings. The van der Waals surface area contributed by atoms with Crippen molar-refractivity contribution in [2.45, 2.75) is 25.9 Å². The smallest absolute Gasteiger partial charge is 0.224 e. The van der Waals surface area contributed by atoms with Crippen molar-refractivity contribution in [2.75, 3.05) is 20.8 Å². The molecule has 0 aliphatic carbocycles. The quantitative estimate of drug-likeness (QED) is 0.811. The highest BCUT2D eigenvalue weighted by molar-refractivity contribution is 5.78. The summed E-state index contributed by atoms with van der Waals surface area (Å²) in [5.41, 5.74) is -0.0846. The number of ether oxygens (including phenoxy) is 2. The lowest BCUT2D eigenvalue weighted by molar-refractivity contribution is -0.121. The molecule has 0 aliphatic rings. The van der Waals surface area contributed by atoms with E-state index in [9.17, 15) is 9.90 Å². The van der Waals surface area contributed by atoms with Gasteiger partial charge < -0.3 is 19.9 Å². The van der Waals surface area contributed by atoms with Crippen LogP contribution in [0.4, 0.5) is 0 Å². The standard InChI is InChI=1S/C14H21NO4/c1-14(2,17)9-15-13(16)8-10-5-6-11(18-3)12(7-10)19-4/h5-7,17H,8-9H2,1-4H3,(H,15,16). The second kappa shape index (κ2) is 6.43. The van der Waals surface area contributed by atoms with Crippen LogP contribution in [-0.4, -0.2) is 37.4 Å². The molecule has 0 aliphatic heterocycles. The summed E-state index contributed by atoms with van der Waals surface area (Å²) in [6.07, 6.45) is 0.233. The van der Waals surface area contributed by atoms with Crippen LogP contribution in [0.2, 0.25) is 0 Å². The van der Waals surface area contributed by atoms with Gasteiger partial charge in [0.2, 0.25) is 5.91 Å². The van der Waals surface area contributed by atoms with Crippen molar-refractivity contribution in [3.05, 3.63) is 23.8 Å². The maximum absolute atomic E-state index is 11.7. The average Bonchev–Trinajstić information content (AvgIpc) is 2.35. The van der Waals surface area contributed by atoms with Gasteiger partial charge in [0.25, 0.3) is 0 Å². The number of hydrogen-bond donors (Lipinski definition) is 2. The zero-order valence-electron chi connectivity index (χ0n) is 11.8. The zero-order valence-corrected chi connectivity index (χ0v) is 11.8. The molecule has 1 amide bonds.